The number of piperazine rings is 1. The van der Waals surface area contributed by atoms with Crippen LogP contribution in [0.15, 0.2) is 42.7 Å². The molecule has 3 aliphatic heterocycles. The minimum Gasteiger partial charge on any atom is -0.462 e. The van der Waals surface area contributed by atoms with Crippen molar-refractivity contribution in [2.45, 2.75) is 37.6 Å². The molecule has 9 nitrogen and oxygen atoms in total. The highest BCUT2D eigenvalue weighted by atomic mass is 35.5. The molecule has 3 aliphatic rings. The van der Waals surface area contributed by atoms with Crippen LogP contribution in [-0.4, -0.2) is 96.9 Å². The first-order chi connectivity index (χ1) is 21.6. The maximum absolute atomic E-state index is 14.5. The second kappa shape index (κ2) is 12.7. The number of halogens is 4. The number of likely N-dealkylation sites (N-methyl/N-ethyl adjacent to an activating group) is 1. The number of hydrogen-bond donors (Lipinski definition) is 0. The zero-order chi connectivity index (χ0) is 31.8. The van der Waals surface area contributed by atoms with Gasteiger partial charge in [0.05, 0.1) is 17.3 Å². The van der Waals surface area contributed by atoms with Crippen LogP contribution < -0.4 is 14.5 Å². The Kier molecular flexibility index (Phi) is 8.75. The third kappa shape index (κ3) is 6.11. The van der Waals surface area contributed by atoms with E-state index in [1.54, 1.807) is 6.07 Å². The summed E-state index contributed by atoms with van der Waals surface area (Å²) in [5.41, 5.74) is 2.39. The van der Waals surface area contributed by atoms with E-state index in [-0.39, 0.29) is 43.3 Å². The number of nitrogens with zero attached hydrogens (tertiary/aromatic N) is 7. The number of carbonyl (C=O) groups is 1. The molecule has 2 saturated heterocycles. The number of amides is 1. The number of ether oxygens (including phenoxy) is 1. The molecule has 0 spiro atoms. The van der Waals surface area contributed by atoms with Crippen molar-refractivity contribution >= 4 is 39.8 Å². The van der Waals surface area contributed by atoms with Crippen LogP contribution in [0.2, 0.25) is 5.02 Å². The molecular weight excluding hydrogens is 607 g/mol. The minimum atomic E-state index is -1.06. The van der Waals surface area contributed by atoms with Gasteiger partial charge in [-0.15, -0.1) is 0 Å². The molecule has 4 heterocycles. The molecule has 6 rings (SSSR count). The van der Waals surface area contributed by atoms with Gasteiger partial charge in [-0.3, -0.25) is 9.69 Å². The Morgan fingerprint density at radius 3 is 2.71 bits per heavy atom. The van der Waals surface area contributed by atoms with Crippen LogP contribution in [0.3, 0.4) is 0 Å². The number of anilines is 2. The van der Waals surface area contributed by atoms with Crippen LogP contribution in [0.4, 0.5) is 24.7 Å². The van der Waals surface area contributed by atoms with Gasteiger partial charge in [-0.2, -0.15) is 9.97 Å². The van der Waals surface area contributed by atoms with Crippen LogP contribution in [0.1, 0.15) is 17.7 Å². The summed E-state index contributed by atoms with van der Waals surface area (Å²) in [6.45, 7) is 12.9. The van der Waals surface area contributed by atoms with Crippen molar-refractivity contribution in [3.63, 3.8) is 0 Å². The van der Waals surface area contributed by atoms with Crippen molar-refractivity contribution in [2.24, 2.45) is 0 Å². The molecule has 1 amide bonds. The maximum atomic E-state index is 14.5. The highest BCUT2D eigenvalue weighted by Crippen LogP contribution is 2.38. The SMILES string of the molecule is [C-]#[N+]C[C@H]1CN(c2nc(OC[C@@H]3C[C@@H](F)CN3C)nc3c2CCN(c2cccc4ccc(F)c(Cl)c24)C3)CCN1C(=O)C(=C)F. The van der Waals surface area contributed by atoms with Crippen LogP contribution in [-0.2, 0) is 17.8 Å². The molecule has 0 unspecified atom stereocenters. The number of rotatable bonds is 7. The number of alkyl halides is 1. The van der Waals surface area contributed by atoms with Crippen molar-refractivity contribution < 1.29 is 22.7 Å². The lowest BCUT2D eigenvalue weighted by molar-refractivity contribution is -0.131. The zero-order valence-electron chi connectivity index (χ0n) is 24.9. The number of likely N-dealkylation sites (tertiary alicyclic amines) is 1. The summed E-state index contributed by atoms with van der Waals surface area (Å²) in [4.78, 5) is 33.0. The van der Waals surface area contributed by atoms with Crippen molar-refractivity contribution in [3.05, 3.63) is 76.3 Å². The molecule has 0 saturated carbocycles. The van der Waals surface area contributed by atoms with Gasteiger partial charge >= 0.3 is 6.01 Å². The van der Waals surface area contributed by atoms with Gasteiger partial charge in [-0.25, -0.2) is 19.7 Å². The zero-order valence-corrected chi connectivity index (χ0v) is 25.6. The Labute approximate surface area is 264 Å². The lowest BCUT2D eigenvalue weighted by Gasteiger charge is -2.41. The first-order valence-corrected chi connectivity index (χ1v) is 15.2. The summed E-state index contributed by atoms with van der Waals surface area (Å²) in [5.74, 6) is -1.75. The fourth-order valence-corrected chi connectivity index (χ4v) is 6.85. The van der Waals surface area contributed by atoms with Gasteiger partial charge in [-0.1, -0.05) is 36.4 Å². The molecule has 13 heteroatoms. The normalized spacial score (nSPS) is 22.0. The molecule has 2 fully saturated rings. The van der Waals surface area contributed by atoms with Crippen molar-refractivity contribution in [2.75, 3.05) is 62.7 Å². The van der Waals surface area contributed by atoms with Gasteiger partial charge in [0.1, 0.15) is 30.5 Å². The van der Waals surface area contributed by atoms with Crippen LogP contribution in [0.25, 0.3) is 15.6 Å². The van der Waals surface area contributed by atoms with E-state index in [4.69, 9.17) is 32.9 Å². The van der Waals surface area contributed by atoms with Crippen LogP contribution >= 0.6 is 11.6 Å². The van der Waals surface area contributed by atoms with E-state index in [1.807, 2.05) is 35.0 Å². The molecule has 45 heavy (non-hydrogen) atoms. The van der Waals surface area contributed by atoms with Gasteiger partial charge in [-0.05, 0) is 37.4 Å². The summed E-state index contributed by atoms with van der Waals surface area (Å²) in [5, 5.41) is 1.50. The molecule has 2 aromatic carbocycles. The van der Waals surface area contributed by atoms with E-state index in [2.05, 4.69) is 16.3 Å². The van der Waals surface area contributed by atoms with Crippen molar-refractivity contribution in [1.29, 1.82) is 0 Å². The first-order valence-electron chi connectivity index (χ1n) is 14.9. The van der Waals surface area contributed by atoms with Gasteiger partial charge in [0.15, 0.2) is 5.83 Å². The Hall–Kier alpha value is -4.08. The lowest BCUT2D eigenvalue weighted by Crippen LogP contribution is -2.57. The predicted octanol–water partition coefficient (Wildman–Crippen LogP) is 4.83. The molecule has 1 aromatic heterocycles. The smallest absolute Gasteiger partial charge is 0.318 e. The number of fused-ring (bicyclic) bond motifs is 2. The second-order valence-electron chi connectivity index (χ2n) is 11.7. The Balaban J connectivity index is 1.34. The average molecular weight is 640 g/mol. The monoisotopic (exact) mass is 639 g/mol. The third-order valence-electron chi connectivity index (χ3n) is 8.90. The van der Waals surface area contributed by atoms with Crippen molar-refractivity contribution in [1.82, 2.24) is 19.8 Å². The molecule has 0 bridgehead atoms. The average Bonchev–Trinajstić information content (AvgIpc) is 3.36. The largest absolute Gasteiger partial charge is 0.462 e. The highest BCUT2D eigenvalue weighted by molar-refractivity contribution is 6.36. The Morgan fingerprint density at radius 2 is 1.98 bits per heavy atom. The molecular formula is C32H33ClF3N7O2. The summed E-state index contributed by atoms with van der Waals surface area (Å²) >= 11 is 6.46. The molecule has 0 aliphatic carbocycles. The number of aromatic nitrogens is 2. The summed E-state index contributed by atoms with van der Waals surface area (Å²) in [7, 11) is 1.85. The van der Waals surface area contributed by atoms with Gasteiger partial charge in [0, 0.05) is 55.4 Å². The molecule has 0 N–H and O–H groups in total. The standard InChI is InChI=1S/C32H33ClF3N7O2/c1-19(34)31(44)43-12-11-42(16-23(43)14-37-2)30-24-9-10-41(27-6-4-5-20-7-8-25(36)29(33)28(20)27)17-26(24)38-32(39-30)45-18-22-13-21(35)15-40(22)3/h4-8,21-23H,1,9-18H2,3H3/t21-,22+,23+/m1/s1. The van der Waals surface area contributed by atoms with Gasteiger partial charge < -0.3 is 24.3 Å². The lowest BCUT2D eigenvalue weighted by atomic mass is 10.0. The molecule has 3 aromatic rings. The van der Waals surface area contributed by atoms with E-state index in [0.717, 1.165) is 16.6 Å². The summed E-state index contributed by atoms with van der Waals surface area (Å²) < 4.78 is 48.5. The van der Waals surface area contributed by atoms with Crippen molar-refractivity contribution in [3.8, 4) is 6.01 Å². The van der Waals surface area contributed by atoms with Gasteiger partial charge in [0.2, 0.25) is 6.54 Å². The van der Waals surface area contributed by atoms with E-state index in [9.17, 15) is 18.0 Å². The Morgan fingerprint density at radius 1 is 1.16 bits per heavy atom. The fraction of sp³-hybridized carbons (Fsp3) is 0.438. The topological polar surface area (TPSA) is 69.4 Å². The fourth-order valence-electron chi connectivity index (χ4n) is 6.58. The summed E-state index contributed by atoms with van der Waals surface area (Å²) in [6.07, 6.45) is -0.0144. The molecule has 236 valence electrons. The predicted molar refractivity (Wildman–Crippen MR) is 167 cm³/mol. The number of benzene rings is 2. The third-order valence-corrected chi connectivity index (χ3v) is 9.27. The molecule has 3 atom stereocenters. The van der Waals surface area contributed by atoms with E-state index in [0.29, 0.717) is 55.9 Å². The van der Waals surface area contributed by atoms with Crippen LogP contribution in [0.5, 0.6) is 6.01 Å². The maximum Gasteiger partial charge on any atom is 0.318 e. The van der Waals surface area contributed by atoms with Gasteiger partial charge in [0.25, 0.3) is 5.91 Å². The molecule has 0 radical (unpaired) electrons. The second-order valence-corrected chi connectivity index (χ2v) is 12.1. The summed E-state index contributed by atoms with van der Waals surface area (Å²) in [6, 6.07) is 8.21. The number of hydrogen-bond acceptors (Lipinski definition) is 7. The first kappa shape index (κ1) is 30.9. The minimum absolute atomic E-state index is 0.00323. The highest BCUT2D eigenvalue weighted by Gasteiger charge is 2.37. The Bertz CT molecular complexity index is 1680. The number of carbonyl (C=O) groups excluding carboxylic acids is 1. The van der Waals surface area contributed by atoms with Crippen LogP contribution in [0, 0.1) is 12.4 Å². The quantitative estimate of drug-likeness (QED) is 0.271. The van der Waals surface area contributed by atoms with E-state index in [1.165, 1.54) is 11.0 Å². The van der Waals surface area contributed by atoms with E-state index < -0.39 is 29.8 Å². The van der Waals surface area contributed by atoms with E-state index >= 15 is 0 Å².